The third-order valence-electron chi connectivity index (χ3n) is 3.12. The molecule has 1 aromatic rings. The van der Waals surface area contributed by atoms with Crippen molar-refractivity contribution >= 4 is 23.5 Å². The molecule has 0 saturated carbocycles. The molecule has 1 aliphatic heterocycles. The third-order valence-corrected chi connectivity index (χ3v) is 3.12. The summed E-state index contributed by atoms with van der Waals surface area (Å²) in [5, 5.41) is 5.40. The fraction of sp³-hybridized carbons (Fsp3) is 0.357. The normalized spacial score (nSPS) is 17.4. The van der Waals surface area contributed by atoms with E-state index in [2.05, 4.69) is 15.4 Å². The Morgan fingerprint density at radius 1 is 1.40 bits per heavy atom. The molecule has 1 fully saturated rings. The molecule has 2 N–H and O–H groups in total. The van der Waals surface area contributed by atoms with E-state index in [-0.39, 0.29) is 24.3 Å². The summed E-state index contributed by atoms with van der Waals surface area (Å²) in [4.78, 5) is 34.6. The Morgan fingerprint density at radius 3 is 2.80 bits per heavy atom. The van der Waals surface area contributed by atoms with E-state index < -0.39 is 5.97 Å². The largest absolute Gasteiger partial charge is 0.465 e. The standard InChI is InChI=1S/C14H16N2O4/c1-20-14(19)10-4-2-3-5-11(10)16-13(18)8-9-6-7-12(17)15-9/h2-5,9H,6-8H2,1H3,(H,15,17)(H,16,18). The molecular weight excluding hydrogens is 260 g/mol. The maximum atomic E-state index is 11.9. The fourth-order valence-electron chi connectivity index (χ4n) is 2.14. The Balaban J connectivity index is 2.00. The Hall–Kier alpha value is -2.37. The molecule has 0 bridgehead atoms. The predicted octanol–water partition coefficient (Wildman–Crippen LogP) is 1.08. The van der Waals surface area contributed by atoms with E-state index in [1.807, 2.05) is 0 Å². The van der Waals surface area contributed by atoms with E-state index in [1.54, 1.807) is 24.3 Å². The van der Waals surface area contributed by atoms with Crippen LogP contribution in [0.1, 0.15) is 29.6 Å². The number of carbonyl (C=O) groups excluding carboxylic acids is 3. The number of para-hydroxylation sites is 1. The van der Waals surface area contributed by atoms with Crippen LogP contribution in [0, 0.1) is 0 Å². The van der Waals surface area contributed by atoms with E-state index in [0.717, 1.165) is 0 Å². The quantitative estimate of drug-likeness (QED) is 0.806. The summed E-state index contributed by atoms with van der Waals surface area (Å²) in [5.74, 6) is -0.776. The summed E-state index contributed by atoms with van der Waals surface area (Å²) in [7, 11) is 1.29. The first-order valence-corrected chi connectivity index (χ1v) is 6.36. The fourth-order valence-corrected chi connectivity index (χ4v) is 2.14. The minimum atomic E-state index is -0.505. The molecule has 1 heterocycles. The highest BCUT2D eigenvalue weighted by Gasteiger charge is 2.23. The molecule has 0 aliphatic carbocycles. The summed E-state index contributed by atoms with van der Waals surface area (Å²) in [6.45, 7) is 0. The van der Waals surface area contributed by atoms with Gasteiger partial charge in [0.15, 0.2) is 0 Å². The minimum Gasteiger partial charge on any atom is -0.465 e. The van der Waals surface area contributed by atoms with Gasteiger partial charge < -0.3 is 15.4 Å². The molecule has 1 atom stereocenters. The van der Waals surface area contributed by atoms with Gasteiger partial charge in [0, 0.05) is 18.9 Å². The molecule has 2 amide bonds. The van der Waals surface area contributed by atoms with Gasteiger partial charge >= 0.3 is 5.97 Å². The Kier molecular flexibility index (Phi) is 4.34. The van der Waals surface area contributed by atoms with Gasteiger partial charge in [0.2, 0.25) is 11.8 Å². The van der Waals surface area contributed by atoms with Crippen molar-refractivity contribution in [2.75, 3.05) is 12.4 Å². The summed E-state index contributed by atoms with van der Waals surface area (Å²) < 4.78 is 4.66. The summed E-state index contributed by atoms with van der Waals surface area (Å²) in [6.07, 6.45) is 1.31. The van der Waals surface area contributed by atoms with Crippen LogP contribution < -0.4 is 10.6 Å². The van der Waals surface area contributed by atoms with Gasteiger partial charge in [0.25, 0.3) is 0 Å². The number of rotatable bonds is 4. The number of hydrogen-bond donors (Lipinski definition) is 2. The molecule has 1 aromatic carbocycles. The lowest BCUT2D eigenvalue weighted by atomic mass is 10.1. The lowest BCUT2D eigenvalue weighted by molar-refractivity contribution is -0.119. The molecule has 106 valence electrons. The predicted molar refractivity (Wildman–Crippen MR) is 72.2 cm³/mol. The van der Waals surface area contributed by atoms with E-state index in [4.69, 9.17) is 0 Å². The summed E-state index contributed by atoms with van der Waals surface area (Å²) >= 11 is 0. The van der Waals surface area contributed by atoms with Crippen LogP contribution in [-0.4, -0.2) is 30.9 Å². The molecule has 6 heteroatoms. The number of amides is 2. The number of methoxy groups -OCH3 is 1. The number of hydrogen-bond acceptors (Lipinski definition) is 4. The smallest absolute Gasteiger partial charge is 0.339 e. The van der Waals surface area contributed by atoms with E-state index in [9.17, 15) is 14.4 Å². The minimum absolute atomic E-state index is 0.0299. The number of nitrogens with one attached hydrogen (secondary N) is 2. The monoisotopic (exact) mass is 276 g/mol. The van der Waals surface area contributed by atoms with Crippen LogP contribution in [0.2, 0.25) is 0 Å². The molecule has 20 heavy (non-hydrogen) atoms. The van der Waals surface area contributed by atoms with Crippen molar-refractivity contribution in [2.24, 2.45) is 0 Å². The zero-order valence-corrected chi connectivity index (χ0v) is 11.1. The van der Waals surface area contributed by atoms with Crippen molar-refractivity contribution in [3.05, 3.63) is 29.8 Å². The van der Waals surface area contributed by atoms with E-state index >= 15 is 0 Å². The number of carbonyl (C=O) groups is 3. The summed E-state index contributed by atoms with van der Waals surface area (Å²) in [5.41, 5.74) is 0.715. The first kappa shape index (κ1) is 14.0. The average molecular weight is 276 g/mol. The number of benzene rings is 1. The van der Waals surface area contributed by atoms with Crippen molar-refractivity contribution in [3.8, 4) is 0 Å². The molecule has 1 unspecified atom stereocenters. The Morgan fingerprint density at radius 2 is 2.15 bits per heavy atom. The molecule has 0 spiro atoms. The first-order valence-electron chi connectivity index (χ1n) is 6.36. The molecule has 1 saturated heterocycles. The van der Waals surface area contributed by atoms with Gasteiger partial charge in [0.1, 0.15) is 0 Å². The zero-order valence-electron chi connectivity index (χ0n) is 11.1. The van der Waals surface area contributed by atoms with Crippen molar-refractivity contribution in [1.82, 2.24) is 5.32 Å². The highest BCUT2D eigenvalue weighted by Crippen LogP contribution is 2.17. The molecular formula is C14H16N2O4. The van der Waals surface area contributed by atoms with Gasteiger partial charge in [-0.15, -0.1) is 0 Å². The van der Waals surface area contributed by atoms with Gasteiger partial charge in [-0.25, -0.2) is 4.79 Å². The van der Waals surface area contributed by atoms with Gasteiger partial charge in [-0.05, 0) is 18.6 Å². The second-order valence-electron chi connectivity index (χ2n) is 4.59. The molecule has 0 aromatic heterocycles. The average Bonchev–Trinajstić information content (AvgIpc) is 2.83. The van der Waals surface area contributed by atoms with Gasteiger partial charge in [-0.2, -0.15) is 0 Å². The van der Waals surface area contributed by atoms with Crippen LogP contribution >= 0.6 is 0 Å². The van der Waals surface area contributed by atoms with E-state index in [1.165, 1.54) is 7.11 Å². The molecule has 0 radical (unpaired) electrons. The SMILES string of the molecule is COC(=O)c1ccccc1NC(=O)CC1CCC(=O)N1. The van der Waals surface area contributed by atoms with Crippen LogP contribution in [0.4, 0.5) is 5.69 Å². The highest BCUT2D eigenvalue weighted by molar-refractivity contribution is 6.01. The Bertz CT molecular complexity index is 542. The third kappa shape index (κ3) is 3.34. The molecule has 2 rings (SSSR count). The number of esters is 1. The lowest BCUT2D eigenvalue weighted by Gasteiger charge is -2.12. The van der Waals surface area contributed by atoms with Crippen molar-refractivity contribution in [3.63, 3.8) is 0 Å². The van der Waals surface area contributed by atoms with Crippen LogP contribution in [0.3, 0.4) is 0 Å². The van der Waals surface area contributed by atoms with Crippen molar-refractivity contribution in [1.29, 1.82) is 0 Å². The maximum absolute atomic E-state index is 11.9. The van der Waals surface area contributed by atoms with Crippen molar-refractivity contribution < 1.29 is 19.1 Å². The van der Waals surface area contributed by atoms with E-state index in [0.29, 0.717) is 24.1 Å². The second kappa shape index (κ2) is 6.18. The van der Waals surface area contributed by atoms with Crippen LogP contribution in [0.25, 0.3) is 0 Å². The van der Waals surface area contributed by atoms with Crippen molar-refractivity contribution in [2.45, 2.75) is 25.3 Å². The lowest BCUT2D eigenvalue weighted by Crippen LogP contribution is -2.30. The second-order valence-corrected chi connectivity index (χ2v) is 4.59. The maximum Gasteiger partial charge on any atom is 0.339 e. The zero-order chi connectivity index (χ0) is 14.5. The van der Waals surface area contributed by atoms with Gasteiger partial charge in [0.05, 0.1) is 18.4 Å². The van der Waals surface area contributed by atoms with Gasteiger partial charge in [-0.1, -0.05) is 12.1 Å². The summed E-state index contributed by atoms with van der Waals surface area (Å²) in [6, 6.07) is 6.50. The Labute approximate surface area is 116 Å². The number of ether oxygens (including phenoxy) is 1. The number of anilines is 1. The van der Waals surface area contributed by atoms with Gasteiger partial charge in [-0.3, -0.25) is 9.59 Å². The topological polar surface area (TPSA) is 84.5 Å². The van der Waals surface area contributed by atoms with Crippen LogP contribution in [0.5, 0.6) is 0 Å². The first-order chi connectivity index (χ1) is 9.60. The highest BCUT2D eigenvalue weighted by atomic mass is 16.5. The molecule has 6 nitrogen and oxygen atoms in total. The molecule has 1 aliphatic rings. The van der Waals surface area contributed by atoms with Crippen LogP contribution in [-0.2, 0) is 14.3 Å². The van der Waals surface area contributed by atoms with Crippen LogP contribution in [0.15, 0.2) is 24.3 Å².